The number of nitrogens with zero attached hydrogens (tertiary/aromatic N) is 4. The molecule has 144 valence electrons. The molecule has 9 heteroatoms. The Balaban J connectivity index is 1.75. The molecule has 0 unspecified atom stereocenters. The molecule has 3 heterocycles. The van der Waals surface area contributed by atoms with Crippen LogP contribution in [0.5, 0.6) is 0 Å². The number of fused-ring (bicyclic) bond motifs is 1. The molecule has 4 rings (SSSR count). The highest BCUT2D eigenvalue weighted by atomic mass is 19.4. The molecule has 0 spiro atoms. The van der Waals surface area contributed by atoms with Crippen LogP contribution in [-0.2, 0) is 6.18 Å². The Bertz CT molecular complexity index is 1250. The normalized spacial score (nSPS) is 11.3. The molecule has 0 aliphatic carbocycles. The van der Waals surface area contributed by atoms with Gasteiger partial charge in [0.25, 0.3) is 0 Å². The maximum atomic E-state index is 14.5. The molecule has 0 atom stereocenters. The van der Waals surface area contributed by atoms with E-state index in [9.17, 15) is 17.6 Å². The molecule has 0 radical (unpaired) electrons. The van der Waals surface area contributed by atoms with E-state index in [0.29, 0.717) is 22.4 Å². The van der Waals surface area contributed by atoms with Gasteiger partial charge in [-0.1, -0.05) is 18.1 Å². The van der Waals surface area contributed by atoms with E-state index in [1.807, 2.05) is 0 Å². The first kappa shape index (κ1) is 18.4. The standard InChI is InChI=1S/C20H11F4N5/c21-17-7-14(13-2-4-15(5-3-13)20(22,23)24)11-29-16(10-26-18(17)29)6-1-12-8-27-19(25)28-9-12/h2-5,7-11H,(H2,25,27,28). The van der Waals surface area contributed by atoms with Crippen LogP contribution in [0.1, 0.15) is 16.8 Å². The Morgan fingerprint density at radius 3 is 2.24 bits per heavy atom. The molecule has 0 bridgehead atoms. The van der Waals surface area contributed by atoms with Crippen molar-refractivity contribution in [3.05, 3.63) is 77.8 Å². The van der Waals surface area contributed by atoms with E-state index in [4.69, 9.17) is 5.73 Å². The molecule has 0 fully saturated rings. The molecule has 1 aromatic carbocycles. The number of pyridine rings is 1. The number of nitrogens with two attached hydrogens (primary N) is 1. The van der Waals surface area contributed by atoms with Crippen molar-refractivity contribution in [2.45, 2.75) is 6.18 Å². The van der Waals surface area contributed by atoms with E-state index in [1.165, 1.54) is 41.2 Å². The monoisotopic (exact) mass is 397 g/mol. The smallest absolute Gasteiger partial charge is 0.368 e. The Morgan fingerprint density at radius 1 is 0.897 bits per heavy atom. The van der Waals surface area contributed by atoms with Crippen molar-refractivity contribution in [1.29, 1.82) is 0 Å². The molecule has 3 aromatic heterocycles. The molecular weight excluding hydrogens is 386 g/mol. The Hall–Kier alpha value is -3.93. The second kappa shape index (κ2) is 6.91. The van der Waals surface area contributed by atoms with Crippen LogP contribution in [0.2, 0.25) is 0 Å². The van der Waals surface area contributed by atoms with Gasteiger partial charge >= 0.3 is 6.18 Å². The van der Waals surface area contributed by atoms with Gasteiger partial charge in [0.05, 0.1) is 17.3 Å². The minimum atomic E-state index is -4.44. The van der Waals surface area contributed by atoms with Crippen molar-refractivity contribution in [2.75, 3.05) is 5.73 Å². The van der Waals surface area contributed by atoms with E-state index in [-0.39, 0.29) is 11.6 Å². The second-order valence-electron chi connectivity index (χ2n) is 6.07. The first-order chi connectivity index (χ1) is 13.8. The first-order valence-electron chi connectivity index (χ1n) is 8.25. The van der Waals surface area contributed by atoms with Crippen molar-refractivity contribution in [1.82, 2.24) is 19.4 Å². The summed E-state index contributed by atoms with van der Waals surface area (Å²) in [5.74, 6) is 5.18. The lowest BCUT2D eigenvalue weighted by atomic mass is 10.1. The highest BCUT2D eigenvalue weighted by Gasteiger charge is 2.30. The first-order valence-corrected chi connectivity index (χ1v) is 8.25. The molecule has 0 saturated heterocycles. The summed E-state index contributed by atoms with van der Waals surface area (Å²) >= 11 is 0. The van der Waals surface area contributed by atoms with Crippen molar-refractivity contribution in [2.24, 2.45) is 0 Å². The summed E-state index contributed by atoms with van der Waals surface area (Å²) in [4.78, 5) is 11.7. The van der Waals surface area contributed by atoms with Gasteiger partial charge in [0.1, 0.15) is 5.69 Å². The number of benzene rings is 1. The number of nitrogen functional groups attached to an aromatic ring is 1. The highest BCUT2D eigenvalue weighted by molar-refractivity contribution is 5.66. The minimum Gasteiger partial charge on any atom is -0.368 e. The highest BCUT2D eigenvalue weighted by Crippen LogP contribution is 2.31. The quantitative estimate of drug-likeness (QED) is 0.390. The van der Waals surface area contributed by atoms with E-state index < -0.39 is 17.6 Å². The van der Waals surface area contributed by atoms with Crippen LogP contribution in [0.25, 0.3) is 16.8 Å². The van der Waals surface area contributed by atoms with E-state index in [1.54, 1.807) is 6.20 Å². The van der Waals surface area contributed by atoms with Crippen molar-refractivity contribution in [3.8, 4) is 23.0 Å². The summed E-state index contributed by atoms with van der Waals surface area (Å²) in [7, 11) is 0. The number of halogens is 4. The average molecular weight is 397 g/mol. The predicted octanol–water partition coefficient (Wildman–Crippen LogP) is 3.93. The van der Waals surface area contributed by atoms with Crippen LogP contribution in [-0.4, -0.2) is 19.4 Å². The molecule has 5 nitrogen and oxygen atoms in total. The Morgan fingerprint density at radius 2 is 1.59 bits per heavy atom. The molecule has 2 N–H and O–H groups in total. The third-order valence-corrected chi connectivity index (χ3v) is 4.11. The van der Waals surface area contributed by atoms with Crippen LogP contribution in [0.15, 0.2) is 55.1 Å². The fraction of sp³-hybridized carbons (Fsp3) is 0.0500. The summed E-state index contributed by atoms with van der Waals surface area (Å²) in [6.07, 6.45) is 1.43. The number of hydrogen-bond acceptors (Lipinski definition) is 4. The Labute approximate surface area is 161 Å². The summed E-state index contributed by atoms with van der Waals surface area (Å²) in [6.45, 7) is 0. The third kappa shape index (κ3) is 3.73. The van der Waals surface area contributed by atoms with Gasteiger partial charge in [-0.05, 0) is 29.7 Å². The van der Waals surface area contributed by atoms with E-state index in [0.717, 1.165) is 12.1 Å². The minimum absolute atomic E-state index is 0.0542. The molecule has 4 aromatic rings. The lowest BCUT2D eigenvalue weighted by Gasteiger charge is -2.08. The van der Waals surface area contributed by atoms with Crippen LogP contribution < -0.4 is 5.73 Å². The summed E-state index contributed by atoms with van der Waals surface area (Å²) in [6, 6.07) is 5.70. The lowest BCUT2D eigenvalue weighted by Crippen LogP contribution is -2.04. The van der Waals surface area contributed by atoms with Crippen molar-refractivity contribution < 1.29 is 17.6 Å². The molecule has 29 heavy (non-hydrogen) atoms. The fourth-order valence-corrected chi connectivity index (χ4v) is 2.69. The van der Waals surface area contributed by atoms with Crippen LogP contribution in [0, 0.1) is 17.7 Å². The van der Waals surface area contributed by atoms with Gasteiger partial charge in [0.2, 0.25) is 5.95 Å². The SMILES string of the molecule is Nc1ncc(C#Cc2cnc3c(F)cc(-c4ccc(C(F)(F)F)cc4)cn23)cn1. The van der Waals surface area contributed by atoms with Crippen LogP contribution in [0.4, 0.5) is 23.5 Å². The van der Waals surface area contributed by atoms with Gasteiger partial charge < -0.3 is 5.73 Å². The number of alkyl halides is 3. The second-order valence-corrected chi connectivity index (χ2v) is 6.07. The number of imidazole rings is 1. The third-order valence-electron chi connectivity index (χ3n) is 4.11. The zero-order chi connectivity index (χ0) is 20.6. The lowest BCUT2D eigenvalue weighted by molar-refractivity contribution is -0.137. The fourth-order valence-electron chi connectivity index (χ4n) is 2.69. The summed E-state index contributed by atoms with van der Waals surface area (Å²) in [5, 5.41) is 0. The van der Waals surface area contributed by atoms with Gasteiger partial charge in [0, 0.05) is 24.2 Å². The van der Waals surface area contributed by atoms with Gasteiger partial charge in [0.15, 0.2) is 11.5 Å². The molecule has 0 amide bonds. The van der Waals surface area contributed by atoms with E-state index >= 15 is 0 Å². The van der Waals surface area contributed by atoms with Gasteiger partial charge in [-0.3, -0.25) is 4.40 Å². The maximum absolute atomic E-state index is 14.5. The molecule has 0 saturated carbocycles. The predicted molar refractivity (Wildman–Crippen MR) is 98.0 cm³/mol. The average Bonchev–Trinajstić information content (AvgIpc) is 3.10. The zero-order valence-corrected chi connectivity index (χ0v) is 14.6. The van der Waals surface area contributed by atoms with Gasteiger partial charge in [-0.25, -0.2) is 19.3 Å². The van der Waals surface area contributed by atoms with Gasteiger partial charge in [-0.15, -0.1) is 0 Å². The summed E-state index contributed by atoms with van der Waals surface area (Å²) < 4.78 is 54.2. The van der Waals surface area contributed by atoms with E-state index in [2.05, 4.69) is 26.8 Å². The largest absolute Gasteiger partial charge is 0.416 e. The number of aromatic nitrogens is 4. The topological polar surface area (TPSA) is 69.1 Å². The maximum Gasteiger partial charge on any atom is 0.416 e. The zero-order valence-electron chi connectivity index (χ0n) is 14.6. The van der Waals surface area contributed by atoms with Crippen molar-refractivity contribution >= 4 is 11.6 Å². The molecule has 0 aliphatic rings. The molecular formula is C20H11F4N5. The number of anilines is 1. The van der Waals surface area contributed by atoms with Crippen LogP contribution >= 0.6 is 0 Å². The summed E-state index contributed by atoms with van der Waals surface area (Å²) in [5.41, 5.74) is 6.42. The van der Waals surface area contributed by atoms with Crippen molar-refractivity contribution in [3.63, 3.8) is 0 Å². The Kier molecular flexibility index (Phi) is 4.39. The number of hydrogen-bond donors (Lipinski definition) is 1. The number of rotatable bonds is 1. The van der Waals surface area contributed by atoms with Gasteiger partial charge in [-0.2, -0.15) is 13.2 Å². The van der Waals surface area contributed by atoms with Crippen LogP contribution in [0.3, 0.4) is 0 Å². The molecule has 0 aliphatic heterocycles.